The molecule has 2 atom stereocenters. The molecule has 5 aromatic rings. The number of hydrogen-bond donors (Lipinski definition) is 0. The van der Waals surface area contributed by atoms with Gasteiger partial charge < -0.3 is 9.26 Å². The van der Waals surface area contributed by atoms with Crippen LogP contribution in [0.25, 0.3) is 15.7 Å². The second-order valence-corrected chi connectivity index (χ2v) is 8.50. The van der Waals surface area contributed by atoms with Gasteiger partial charge >= 0.3 is 0 Å². The highest BCUT2D eigenvalue weighted by Crippen LogP contribution is 2.38. The monoisotopic (exact) mass is 435 g/mol. The van der Waals surface area contributed by atoms with E-state index < -0.39 is 0 Å². The van der Waals surface area contributed by atoms with Gasteiger partial charge in [0.15, 0.2) is 11.3 Å². The summed E-state index contributed by atoms with van der Waals surface area (Å²) in [6, 6.07) is 6.22. The molecule has 0 radical (unpaired) electrons. The number of aromatic nitrogens is 7. The second kappa shape index (κ2) is 7.06. The van der Waals surface area contributed by atoms with E-state index in [4.69, 9.17) is 9.26 Å². The number of rotatable bonds is 4. The Balaban J connectivity index is 1.20. The molecule has 31 heavy (non-hydrogen) atoms. The number of ether oxygens (including phenoxy) is 1. The largest absolute Gasteiger partial charge is 0.373 e. The SMILES string of the molecule is Cc1cnn2ncn(Cc3nc([C@@H]4CO[C@@H](c5ccc6ncsc6c5)C4)no3)c(=O)c12. The number of hydrogen-bond acceptors (Lipinski definition) is 9. The van der Waals surface area contributed by atoms with Crippen molar-refractivity contribution in [2.45, 2.75) is 31.9 Å². The molecule has 1 saturated heterocycles. The molecule has 6 rings (SSSR count). The van der Waals surface area contributed by atoms with Gasteiger partial charge in [-0.1, -0.05) is 11.2 Å². The molecule has 0 bridgehead atoms. The fraction of sp³-hybridized carbons (Fsp3) is 0.300. The van der Waals surface area contributed by atoms with Gasteiger partial charge in [-0.25, -0.2) is 4.98 Å². The summed E-state index contributed by atoms with van der Waals surface area (Å²) in [6.45, 7) is 2.50. The van der Waals surface area contributed by atoms with Gasteiger partial charge in [0.25, 0.3) is 5.56 Å². The average Bonchev–Trinajstić information content (AvgIpc) is 3.56. The molecule has 1 aromatic carbocycles. The van der Waals surface area contributed by atoms with Gasteiger partial charge in [0.05, 0.1) is 34.6 Å². The van der Waals surface area contributed by atoms with Gasteiger partial charge in [0, 0.05) is 11.5 Å². The molecule has 1 aliphatic rings. The quantitative estimate of drug-likeness (QED) is 0.423. The van der Waals surface area contributed by atoms with Crippen LogP contribution in [0.2, 0.25) is 0 Å². The summed E-state index contributed by atoms with van der Waals surface area (Å²) < 4.78 is 15.4. The smallest absolute Gasteiger partial charge is 0.280 e. The highest BCUT2D eigenvalue weighted by Gasteiger charge is 2.31. The minimum Gasteiger partial charge on any atom is -0.373 e. The Bertz CT molecular complexity index is 1470. The second-order valence-electron chi connectivity index (χ2n) is 7.61. The van der Waals surface area contributed by atoms with Crippen molar-refractivity contribution in [3.63, 3.8) is 0 Å². The Hall–Kier alpha value is -3.44. The molecule has 1 aliphatic heterocycles. The van der Waals surface area contributed by atoms with Gasteiger partial charge in [-0.05, 0) is 31.0 Å². The number of nitrogens with zero attached hydrogens (tertiary/aromatic N) is 7. The Morgan fingerprint density at radius 3 is 3.16 bits per heavy atom. The molecule has 0 amide bonds. The molecule has 0 unspecified atom stereocenters. The lowest BCUT2D eigenvalue weighted by molar-refractivity contribution is 0.110. The first-order chi connectivity index (χ1) is 15.2. The van der Waals surface area contributed by atoms with Crippen molar-refractivity contribution in [1.29, 1.82) is 0 Å². The predicted octanol–water partition coefficient (Wildman–Crippen LogP) is 2.49. The van der Waals surface area contributed by atoms with Gasteiger partial charge in [-0.3, -0.25) is 9.36 Å². The molecule has 0 N–H and O–H groups in total. The number of fused-ring (bicyclic) bond motifs is 2. The van der Waals surface area contributed by atoms with Crippen molar-refractivity contribution in [3.8, 4) is 0 Å². The Labute approximate surface area is 179 Å². The number of aryl methyl sites for hydroxylation is 1. The van der Waals surface area contributed by atoms with Crippen molar-refractivity contribution in [2.75, 3.05) is 6.61 Å². The zero-order valence-electron chi connectivity index (χ0n) is 16.5. The molecule has 0 saturated carbocycles. The van der Waals surface area contributed by atoms with E-state index in [2.05, 4.69) is 37.5 Å². The molecule has 11 heteroatoms. The zero-order chi connectivity index (χ0) is 20.9. The predicted molar refractivity (Wildman–Crippen MR) is 111 cm³/mol. The molecule has 0 aliphatic carbocycles. The molecule has 0 spiro atoms. The summed E-state index contributed by atoms with van der Waals surface area (Å²) in [4.78, 5) is 21.5. The van der Waals surface area contributed by atoms with Crippen LogP contribution < -0.4 is 5.56 Å². The third-order valence-corrected chi connectivity index (χ3v) is 6.37. The van der Waals surface area contributed by atoms with E-state index in [9.17, 15) is 4.79 Å². The van der Waals surface area contributed by atoms with E-state index in [-0.39, 0.29) is 24.1 Å². The van der Waals surface area contributed by atoms with Crippen molar-refractivity contribution >= 4 is 27.1 Å². The van der Waals surface area contributed by atoms with Crippen LogP contribution in [0.5, 0.6) is 0 Å². The topological polar surface area (TPSA) is 113 Å². The first-order valence-electron chi connectivity index (χ1n) is 9.83. The Morgan fingerprint density at radius 2 is 2.23 bits per heavy atom. The standard InChI is InChI=1S/C20H17N7O3S/c1-11-6-22-27-18(11)20(28)26(9-23-27)7-17-24-19(25-30-17)13-4-15(29-8-13)12-2-3-14-16(5-12)31-10-21-14/h2-3,5-6,9-10,13,15H,4,7-8H2,1H3/t13-,15+/m0/s1. The van der Waals surface area contributed by atoms with E-state index in [1.54, 1.807) is 17.5 Å². The highest BCUT2D eigenvalue weighted by atomic mass is 32.1. The third kappa shape index (κ3) is 3.13. The van der Waals surface area contributed by atoms with Crippen LogP contribution in [0.1, 0.15) is 41.3 Å². The van der Waals surface area contributed by atoms with Gasteiger partial charge in [-0.2, -0.15) is 10.1 Å². The summed E-state index contributed by atoms with van der Waals surface area (Å²) in [5.41, 5.74) is 4.98. The van der Waals surface area contributed by atoms with E-state index in [1.165, 1.54) is 15.5 Å². The summed E-state index contributed by atoms with van der Waals surface area (Å²) >= 11 is 1.62. The average molecular weight is 435 g/mol. The van der Waals surface area contributed by atoms with E-state index in [1.807, 2.05) is 18.5 Å². The van der Waals surface area contributed by atoms with Crippen molar-refractivity contribution in [1.82, 2.24) is 34.5 Å². The van der Waals surface area contributed by atoms with Crippen LogP contribution in [0, 0.1) is 6.92 Å². The summed E-state index contributed by atoms with van der Waals surface area (Å²) in [6.07, 6.45) is 3.79. The lowest BCUT2D eigenvalue weighted by Crippen LogP contribution is -2.24. The van der Waals surface area contributed by atoms with Gasteiger partial charge in [-0.15, -0.1) is 21.1 Å². The normalized spacial score (nSPS) is 19.0. The van der Waals surface area contributed by atoms with Crippen molar-refractivity contribution in [2.24, 2.45) is 0 Å². The van der Waals surface area contributed by atoms with Crippen LogP contribution in [-0.2, 0) is 11.3 Å². The first kappa shape index (κ1) is 18.3. The van der Waals surface area contributed by atoms with Crippen LogP contribution in [0.4, 0.5) is 0 Å². The lowest BCUT2D eigenvalue weighted by Gasteiger charge is -2.09. The molecule has 1 fully saturated rings. The van der Waals surface area contributed by atoms with Crippen LogP contribution in [0.15, 0.2) is 45.6 Å². The fourth-order valence-electron chi connectivity index (χ4n) is 3.93. The van der Waals surface area contributed by atoms with Gasteiger partial charge in [0.1, 0.15) is 12.9 Å². The maximum Gasteiger partial charge on any atom is 0.280 e. The van der Waals surface area contributed by atoms with E-state index in [0.29, 0.717) is 23.8 Å². The number of benzene rings is 1. The molecule has 5 heterocycles. The third-order valence-electron chi connectivity index (χ3n) is 5.58. The van der Waals surface area contributed by atoms with E-state index >= 15 is 0 Å². The molecular formula is C20H17N7O3S. The van der Waals surface area contributed by atoms with Crippen molar-refractivity contribution in [3.05, 3.63) is 69.4 Å². The Kier molecular flexibility index (Phi) is 4.18. The molecular weight excluding hydrogens is 418 g/mol. The van der Waals surface area contributed by atoms with Crippen LogP contribution in [0.3, 0.4) is 0 Å². The fourth-order valence-corrected chi connectivity index (χ4v) is 4.65. The molecule has 10 nitrogen and oxygen atoms in total. The molecule has 156 valence electrons. The summed E-state index contributed by atoms with van der Waals surface area (Å²) in [5, 5.41) is 12.3. The highest BCUT2D eigenvalue weighted by molar-refractivity contribution is 7.16. The van der Waals surface area contributed by atoms with Crippen LogP contribution >= 0.6 is 11.3 Å². The zero-order valence-corrected chi connectivity index (χ0v) is 17.3. The maximum atomic E-state index is 12.7. The summed E-state index contributed by atoms with van der Waals surface area (Å²) in [7, 11) is 0. The molecule has 4 aromatic heterocycles. The Morgan fingerprint density at radius 1 is 1.29 bits per heavy atom. The van der Waals surface area contributed by atoms with Crippen LogP contribution in [-0.4, -0.2) is 41.1 Å². The van der Waals surface area contributed by atoms with E-state index in [0.717, 1.165) is 27.8 Å². The minimum absolute atomic E-state index is 0.0162. The first-order valence-corrected chi connectivity index (χ1v) is 10.7. The maximum absolute atomic E-state index is 12.7. The summed E-state index contributed by atoms with van der Waals surface area (Å²) in [5.74, 6) is 0.989. The van der Waals surface area contributed by atoms with Crippen molar-refractivity contribution < 1.29 is 9.26 Å². The number of thiazole rings is 1. The van der Waals surface area contributed by atoms with Gasteiger partial charge in [0.2, 0.25) is 5.89 Å². The minimum atomic E-state index is -0.201. The lowest BCUT2D eigenvalue weighted by atomic mass is 10.00.